The molecule has 5 N–H and O–H groups in total. The maximum absolute atomic E-state index is 12.8. The van der Waals surface area contributed by atoms with Crippen molar-refractivity contribution < 1.29 is 9.59 Å². The molecular weight excluding hydrogens is 356 g/mol. The molecular formula is C20H16N6O2. The number of nitrogen functional groups attached to an aromatic ring is 1. The molecule has 0 aliphatic carbocycles. The third kappa shape index (κ3) is 2.57. The van der Waals surface area contributed by atoms with Crippen LogP contribution in [0, 0.1) is 11.3 Å². The molecule has 28 heavy (non-hydrogen) atoms. The van der Waals surface area contributed by atoms with Crippen molar-refractivity contribution in [1.29, 1.82) is 5.26 Å². The van der Waals surface area contributed by atoms with Gasteiger partial charge in [-0.2, -0.15) is 10.4 Å². The third-order valence-corrected chi connectivity index (χ3v) is 4.84. The van der Waals surface area contributed by atoms with Crippen LogP contribution in [0.3, 0.4) is 0 Å². The number of amides is 2. The van der Waals surface area contributed by atoms with Gasteiger partial charge >= 0.3 is 0 Å². The molecule has 138 valence electrons. The van der Waals surface area contributed by atoms with Crippen molar-refractivity contribution in [3.05, 3.63) is 59.3 Å². The van der Waals surface area contributed by atoms with Crippen LogP contribution in [0.25, 0.3) is 22.0 Å². The molecule has 2 aromatic carbocycles. The van der Waals surface area contributed by atoms with Gasteiger partial charge in [-0.15, -0.1) is 0 Å². The molecule has 0 unspecified atom stereocenters. The summed E-state index contributed by atoms with van der Waals surface area (Å²) in [6, 6.07) is 11.0. The van der Waals surface area contributed by atoms with Crippen molar-refractivity contribution in [2.24, 2.45) is 5.73 Å². The highest BCUT2D eigenvalue weighted by Gasteiger charge is 2.32. The third-order valence-electron chi connectivity index (χ3n) is 4.84. The number of nitrogens with two attached hydrogens (primary N) is 2. The SMILES string of the molecule is C=C(C#N)CN1Cc2c(-c3ccc4[nH]nc(C(N)=O)c4c3)ccc(N)c2C1=O. The predicted octanol–water partition coefficient (Wildman–Crippen LogP) is 1.95. The standard InChI is InChI=1S/C20H16N6O2/c1-10(7-21)8-26-9-14-12(3-4-15(22)17(14)20(26)28)11-2-5-16-13(6-11)18(19(23)27)25-24-16/h2-6H,1,8-9,22H2,(H2,23,27)(H,24,25). The van der Waals surface area contributed by atoms with Crippen LogP contribution < -0.4 is 11.5 Å². The van der Waals surface area contributed by atoms with E-state index in [0.29, 0.717) is 34.3 Å². The number of nitrogens with one attached hydrogen (secondary N) is 1. The normalized spacial score (nSPS) is 12.8. The Bertz CT molecular complexity index is 1220. The highest BCUT2D eigenvalue weighted by Crippen LogP contribution is 2.37. The summed E-state index contributed by atoms with van der Waals surface area (Å²) in [5.74, 6) is -0.852. The van der Waals surface area contributed by atoms with Crippen molar-refractivity contribution in [1.82, 2.24) is 15.1 Å². The maximum atomic E-state index is 12.8. The van der Waals surface area contributed by atoms with Gasteiger partial charge in [0.05, 0.1) is 23.7 Å². The van der Waals surface area contributed by atoms with Gasteiger partial charge in [-0.1, -0.05) is 18.7 Å². The molecule has 0 fully saturated rings. The minimum absolute atomic E-state index is 0.148. The summed E-state index contributed by atoms with van der Waals surface area (Å²) in [6.45, 7) is 4.12. The van der Waals surface area contributed by atoms with E-state index in [2.05, 4.69) is 16.8 Å². The number of anilines is 1. The number of carbonyl (C=O) groups excluding carboxylic acids is 2. The Morgan fingerprint density at radius 1 is 1.36 bits per heavy atom. The minimum atomic E-state index is -0.623. The fourth-order valence-corrected chi connectivity index (χ4v) is 3.54. The first kappa shape index (κ1) is 17.3. The van der Waals surface area contributed by atoms with Gasteiger partial charge in [0.1, 0.15) is 0 Å². The van der Waals surface area contributed by atoms with Crippen LogP contribution in [0.4, 0.5) is 5.69 Å². The molecule has 3 aromatic rings. The van der Waals surface area contributed by atoms with E-state index in [4.69, 9.17) is 16.7 Å². The van der Waals surface area contributed by atoms with E-state index in [1.54, 1.807) is 17.0 Å². The number of aromatic amines is 1. The molecule has 0 bridgehead atoms. The monoisotopic (exact) mass is 372 g/mol. The van der Waals surface area contributed by atoms with Gasteiger partial charge in [0.25, 0.3) is 11.8 Å². The number of benzene rings is 2. The van der Waals surface area contributed by atoms with Gasteiger partial charge < -0.3 is 16.4 Å². The van der Waals surface area contributed by atoms with Gasteiger partial charge in [0.2, 0.25) is 0 Å². The lowest BCUT2D eigenvalue weighted by Gasteiger charge is -2.14. The van der Waals surface area contributed by atoms with Crippen LogP contribution in [-0.2, 0) is 6.54 Å². The highest BCUT2D eigenvalue weighted by molar-refractivity contribution is 6.07. The van der Waals surface area contributed by atoms with Gasteiger partial charge in [0.15, 0.2) is 5.69 Å². The highest BCUT2D eigenvalue weighted by atomic mass is 16.2. The molecule has 1 aromatic heterocycles. The molecule has 0 atom stereocenters. The number of nitrogens with zero attached hydrogens (tertiary/aromatic N) is 3. The molecule has 8 heteroatoms. The van der Waals surface area contributed by atoms with Crippen molar-refractivity contribution in [3.8, 4) is 17.2 Å². The lowest BCUT2D eigenvalue weighted by Crippen LogP contribution is -2.26. The van der Waals surface area contributed by atoms with Crippen molar-refractivity contribution in [2.75, 3.05) is 12.3 Å². The van der Waals surface area contributed by atoms with Gasteiger partial charge in [-0.05, 0) is 34.9 Å². The summed E-state index contributed by atoms with van der Waals surface area (Å²) >= 11 is 0. The molecule has 8 nitrogen and oxygen atoms in total. The molecule has 0 saturated carbocycles. The molecule has 1 aliphatic heterocycles. The van der Waals surface area contributed by atoms with Gasteiger partial charge in [0, 0.05) is 23.2 Å². The predicted molar refractivity (Wildman–Crippen MR) is 104 cm³/mol. The first-order chi connectivity index (χ1) is 13.4. The zero-order valence-electron chi connectivity index (χ0n) is 14.8. The molecule has 2 amide bonds. The minimum Gasteiger partial charge on any atom is -0.398 e. The van der Waals surface area contributed by atoms with E-state index < -0.39 is 5.91 Å². The second-order valence-electron chi connectivity index (χ2n) is 6.63. The number of H-pyrrole nitrogens is 1. The Labute approximate surface area is 160 Å². The lowest BCUT2D eigenvalue weighted by atomic mass is 9.95. The average molecular weight is 372 g/mol. The Morgan fingerprint density at radius 3 is 2.86 bits per heavy atom. The summed E-state index contributed by atoms with van der Waals surface area (Å²) in [5, 5.41) is 16.3. The van der Waals surface area contributed by atoms with Crippen LogP contribution in [0.15, 0.2) is 42.5 Å². The van der Waals surface area contributed by atoms with Crippen molar-refractivity contribution in [2.45, 2.75) is 6.54 Å². The Kier molecular flexibility index (Phi) is 3.86. The number of rotatable bonds is 4. The number of aromatic nitrogens is 2. The van der Waals surface area contributed by atoms with E-state index in [1.807, 2.05) is 24.3 Å². The van der Waals surface area contributed by atoms with E-state index in [-0.39, 0.29) is 18.1 Å². The Morgan fingerprint density at radius 2 is 2.14 bits per heavy atom. The van der Waals surface area contributed by atoms with E-state index in [9.17, 15) is 9.59 Å². The lowest BCUT2D eigenvalue weighted by molar-refractivity contribution is 0.0794. The molecule has 4 rings (SSSR count). The molecule has 2 heterocycles. The smallest absolute Gasteiger partial charge is 0.269 e. The van der Waals surface area contributed by atoms with Crippen molar-refractivity contribution >= 4 is 28.4 Å². The topological polar surface area (TPSA) is 142 Å². The molecule has 1 aliphatic rings. The quantitative estimate of drug-likeness (QED) is 0.474. The first-order valence-electron chi connectivity index (χ1n) is 8.47. The Hall–Kier alpha value is -4.12. The number of fused-ring (bicyclic) bond motifs is 2. The number of nitriles is 1. The number of primary amides is 1. The first-order valence-corrected chi connectivity index (χ1v) is 8.47. The van der Waals surface area contributed by atoms with Gasteiger partial charge in [-0.3, -0.25) is 14.7 Å². The largest absolute Gasteiger partial charge is 0.398 e. The van der Waals surface area contributed by atoms with E-state index in [0.717, 1.165) is 16.7 Å². The summed E-state index contributed by atoms with van der Waals surface area (Å²) in [5.41, 5.74) is 15.8. The van der Waals surface area contributed by atoms with Crippen LogP contribution in [-0.4, -0.2) is 33.5 Å². The molecule has 0 radical (unpaired) electrons. The fourth-order valence-electron chi connectivity index (χ4n) is 3.54. The summed E-state index contributed by atoms with van der Waals surface area (Å²) in [6.07, 6.45) is 0. The number of hydrogen-bond donors (Lipinski definition) is 3. The van der Waals surface area contributed by atoms with E-state index >= 15 is 0 Å². The summed E-state index contributed by atoms with van der Waals surface area (Å²) < 4.78 is 0. The molecule has 0 spiro atoms. The maximum Gasteiger partial charge on any atom is 0.269 e. The summed E-state index contributed by atoms with van der Waals surface area (Å²) in [4.78, 5) is 25.9. The van der Waals surface area contributed by atoms with Crippen LogP contribution >= 0.6 is 0 Å². The second-order valence-corrected chi connectivity index (χ2v) is 6.63. The number of hydrogen-bond acceptors (Lipinski definition) is 5. The zero-order valence-corrected chi connectivity index (χ0v) is 14.8. The van der Waals surface area contributed by atoms with Crippen molar-refractivity contribution in [3.63, 3.8) is 0 Å². The van der Waals surface area contributed by atoms with Crippen LogP contribution in [0.1, 0.15) is 26.4 Å². The Balaban J connectivity index is 1.84. The van der Waals surface area contributed by atoms with Crippen LogP contribution in [0.2, 0.25) is 0 Å². The summed E-state index contributed by atoms with van der Waals surface area (Å²) in [7, 11) is 0. The van der Waals surface area contributed by atoms with Crippen LogP contribution in [0.5, 0.6) is 0 Å². The fraction of sp³-hybridized carbons (Fsp3) is 0.100. The second kappa shape index (κ2) is 6.25. The average Bonchev–Trinajstić information content (AvgIpc) is 3.23. The van der Waals surface area contributed by atoms with E-state index in [1.165, 1.54) is 0 Å². The molecule has 0 saturated heterocycles. The van der Waals surface area contributed by atoms with Gasteiger partial charge in [-0.25, -0.2) is 0 Å². The number of carbonyl (C=O) groups is 2. The zero-order chi connectivity index (χ0) is 20.0.